The lowest BCUT2D eigenvalue weighted by molar-refractivity contribution is 0.242. The van der Waals surface area contributed by atoms with E-state index >= 15 is 0 Å². The summed E-state index contributed by atoms with van der Waals surface area (Å²) in [5.74, 6) is 0.945. The van der Waals surface area contributed by atoms with Crippen molar-refractivity contribution in [3.05, 3.63) is 24.3 Å². The molecule has 1 heterocycles. The number of nitrogens with one attached hydrogen (secondary N) is 1. The van der Waals surface area contributed by atoms with Gasteiger partial charge in [0.15, 0.2) is 0 Å². The maximum absolute atomic E-state index is 5.70. The molecule has 0 aliphatic carbocycles. The summed E-state index contributed by atoms with van der Waals surface area (Å²) in [5.41, 5.74) is 1.48. The molecular weight excluding hydrogens is 236 g/mol. The smallest absolute Gasteiger partial charge is 0.119 e. The van der Waals surface area contributed by atoms with Gasteiger partial charge in [-0.2, -0.15) is 0 Å². The highest BCUT2D eigenvalue weighted by atomic mass is 16.5. The SMILES string of the molecule is CNC1CN(c2ccc(OC(C)C)cc2)C(C)(C)C1. The second-order valence-corrected chi connectivity index (χ2v) is 6.27. The standard InChI is InChI=1S/C16H26N2O/c1-12(2)19-15-8-6-14(7-9-15)18-11-13(17-5)10-16(18,3)4/h6-9,12-13,17H,10-11H2,1-5H3. The van der Waals surface area contributed by atoms with Gasteiger partial charge in [-0.15, -0.1) is 0 Å². The summed E-state index contributed by atoms with van der Waals surface area (Å²) < 4.78 is 5.70. The molecule has 0 aromatic heterocycles. The lowest BCUT2D eigenvalue weighted by Crippen LogP contribution is -2.38. The largest absolute Gasteiger partial charge is 0.491 e. The van der Waals surface area contributed by atoms with E-state index in [4.69, 9.17) is 4.74 Å². The molecular formula is C16H26N2O. The normalized spacial score (nSPS) is 22.0. The highest BCUT2D eigenvalue weighted by Crippen LogP contribution is 2.34. The van der Waals surface area contributed by atoms with E-state index in [0.717, 1.165) is 12.3 Å². The number of hydrogen-bond donors (Lipinski definition) is 1. The summed E-state index contributed by atoms with van der Waals surface area (Å²) in [6.07, 6.45) is 1.40. The number of benzene rings is 1. The molecule has 2 rings (SSSR count). The molecule has 19 heavy (non-hydrogen) atoms. The Morgan fingerprint density at radius 1 is 1.26 bits per heavy atom. The van der Waals surface area contributed by atoms with Gasteiger partial charge in [0, 0.05) is 23.8 Å². The number of likely N-dealkylation sites (N-methyl/N-ethyl adjacent to an activating group) is 1. The first-order chi connectivity index (χ1) is 8.92. The van der Waals surface area contributed by atoms with Crippen molar-refractivity contribution in [1.29, 1.82) is 0 Å². The summed E-state index contributed by atoms with van der Waals surface area (Å²) in [6.45, 7) is 9.78. The van der Waals surface area contributed by atoms with E-state index < -0.39 is 0 Å². The molecule has 1 atom stereocenters. The van der Waals surface area contributed by atoms with Gasteiger partial charge in [-0.1, -0.05) is 0 Å². The molecule has 1 fully saturated rings. The average Bonchev–Trinajstić information content (AvgIpc) is 2.65. The number of ether oxygens (including phenoxy) is 1. The third-order valence-corrected chi connectivity index (χ3v) is 3.81. The predicted octanol–water partition coefficient (Wildman–Crippen LogP) is 3.05. The first kappa shape index (κ1) is 14.2. The Morgan fingerprint density at radius 3 is 2.37 bits per heavy atom. The van der Waals surface area contributed by atoms with Gasteiger partial charge < -0.3 is 15.0 Å². The molecule has 106 valence electrons. The van der Waals surface area contributed by atoms with Crippen molar-refractivity contribution in [2.24, 2.45) is 0 Å². The molecule has 1 N–H and O–H groups in total. The van der Waals surface area contributed by atoms with Crippen molar-refractivity contribution < 1.29 is 4.74 Å². The molecule has 1 aliphatic rings. The average molecular weight is 262 g/mol. The minimum Gasteiger partial charge on any atom is -0.491 e. The molecule has 1 aliphatic heterocycles. The summed E-state index contributed by atoms with van der Waals surface area (Å²) in [6, 6.07) is 9.03. The zero-order valence-corrected chi connectivity index (χ0v) is 12.7. The lowest BCUT2D eigenvalue weighted by Gasteiger charge is -2.33. The van der Waals surface area contributed by atoms with E-state index in [1.54, 1.807) is 0 Å². The van der Waals surface area contributed by atoms with Crippen LogP contribution in [0.1, 0.15) is 34.1 Å². The number of nitrogens with zero attached hydrogens (tertiary/aromatic N) is 1. The Labute approximate surface area is 116 Å². The van der Waals surface area contributed by atoms with Crippen LogP contribution in [0.4, 0.5) is 5.69 Å². The fraction of sp³-hybridized carbons (Fsp3) is 0.625. The van der Waals surface area contributed by atoms with E-state index in [1.807, 2.05) is 7.05 Å². The topological polar surface area (TPSA) is 24.5 Å². The summed E-state index contributed by atoms with van der Waals surface area (Å²) >= 11 is 0. The van der Waals surface area contributed by atoms with Gasteiger partial charge in [-0.05, 0) is 65.4 Å². The van der Waals surface area contributed by atoms with Crippen molar-refractivity contribution in [3.8, 4) is 5.75 Å². The Bertz CT molecular complexity index is 411. The lowest BCUT2D eigenvalue weighted by atomic mass is 10.00. The van der Waals surface area contributed by atoms with Crippen molar-refractivity contribution in [3.63, 3.8) is 0 Å². The highest BCUT2D eigenvalue weighted by molar-refractivity contribution is 5.52. The predicted molar refractivity (Wildman–Crippen MR) is 81.1 cm³/mol. The van der Waals surface area contributed by atoms with Crippen LogP contribution in [0.5, 0.6) is 5.75 Å². The molecule has 1 unspecified atom stereocenters. The molecule has 1 saturated heterocycles. The Hall–Kier alpha value is -1.22. The van der Waals surface area contributed by atoms with E-state index in [2.05, 4.69) is 62.2 Å². The van der Waals surface area contributed by atoms with E-state index in [-0.39, 0.29) is 11.6 Å². The maximum Gasteiger partial charge on any atom is 0.119 e. The van der Waals surface area contributed by atoms with Crippen LogP contribution < -0.4 is 15.0 Å². The fourth-order valence-electron chi connectivity index (χ4n) is 2.87. The highest BCUT2D eigenvalue weighted by Gasteiger charge is 2.37. The van der Waals surface area contributed by atoms with E-state index in [0.29, 0.717) is 6.04 Å². The van der Waals surface area contributed by atoms with Gasteiger partial charge in [-0.3, -0.25) is 0 Å². The van der Waals surface area contributed by atoms with Gasteiger partial charge in [0.1, 0.15) is 5.75 Å². The van der Waals surface area contributed by atoms with Crippen LogP contribution in [-0.4, -0.2) is 31.3 Å². The number of rotatable bonds is 4. The van der Waals surface area contributed by atoms with E-state index in [9.17, 15) is 0 Å². The summed E-state index contributed by atoms with van der Waals surface area (Å²) in [5, 5.41) is 3.39. The number of hydrogen-bond acceptors (Lipinski definition) is 3. The molecule has 0 radical (unpaired) electrons. The molecule has 3 nitrogen and oxygen atoms in total. The van der Waals surface area contributed by atoms with Gasteiger partial charge in [0.05, 0.1) is 6.10 Å². The summed E-state index contributed by atoms with van der Waals surface area (Å²) in [7, 11) is 2.05. The molecule has 1 aromatic carbocycles. The van der Waals surface area contributed by atoms with Crippen molar-refractivity contribution in [1.82, 2.24) is 5.32 Å². The second kappa shape index (κ2) is 5.41. The Balaban J connectivity index is 2.13. The van der Waals surface area contributed by atoms with Gasteiger partial charge in [-0.25, -0.2) is 0 Å². The van der Waals surface area contributed by atoms with Gasteiger partial charge >= 0.3 is 0 Å². The van der Waals surface area contributed by atoms with Crippen LogP contribution in [0.3, 0.4) is 0 Å². The van der Waals surface area contributed by atoms with Gasteiger partial charge in [0.2, 0.25) is 0 Å². The molecule has 0 spiro atoms. The second-order valence-electron chi connectivity index (χ2n) is 6.27. The maximum atomic E-state index is 5.70. The van der Waals surface area contributed by atoms with Crippen molar-refractivity contribution in [2.75, 3.05) is 18.5 Å². The number of anilines is 1. The van der Waals surface area contributed by atoms with Crippen LogP contribution in [0.2, 0.25) is 0 Å². The molecule has 1 aromatic rings. The minimum atomic E-state index is 0.202. The Morgan fingerprint density at radius 2 is 1.89 bits per heavy atom. The minimum absolute atomic E-state index is 0.202. The van der Waals surface area contributed by atoms with E-state index in [1.165, 1.54) is 12.1 Å². The van der Waals surface area contributed by atoms with Crippen LogP contribution in [-0.2, 0) is 0 Å². The summed E-state index contributed by atoms with van der Waals surface area (Å²) in [4.78, 5) is 2.48. The van der Waals surface area contributed by atoms with Crippen LogP contribution in [0, 0.1) is 0 Å². The van der Waals surface area contributed by atoms with Gasteiger partial charge in [0.25, 0.3) is 0 Å². The molecule has 0 bridgehead atoms. The molecule has 3 heteroatoms. The third-order valence-electron chi connectivity index (χ3n) is 3.81. The zero-order chi connectivity index (χ0) is 14.0. The first-order valence-corrected chi connectivity index (χ1v) is 7.14. The fourth-order valence-corrected chi connectivity index (χ4v) is 2.87. The Kier molecular flexibility index (Phi) is 4.04. The van der Waals surface area contributed by atoms with Crippen LogP contribution in [0.15, 0.2) is 24.3 Å². The monoisotopic (exact) mass is 262 g/mol. The van der Waals surface area contributed by atoms with Crippen molar-refractivity contribution >= 4 is 5.69 Å². The van der Waals surface area contributed by atoms with Crippen molar-refractivity contribution in [2.45, 2.75) is 51.8 Å². The third kappa shape index (κ3) is 3.21. The van der Waals surface area contributed by atoms with Crippen LogP contribution >= 0.6 is 0 Å². The first-order valence-electron chi connectivity index (χ1n) is 7.14. The van der Waals surface area contributed by atoms with Crippen LogP contribution in [0.25, 0.3) is 0 Å². The quantitative estimate of drug-likeness (QED) is 0.902. The molecule has 0 amide bonds. The molecule has 0 saturated carbocycles. The zero-order valence-electron chi connectivity index (χ0n) is 12.7.